The van der Waals surface area contributed by atoms with Crippen LogP contribution in [-0.4, -0.2) is 12.4 Å². The Morgan fingerprint density at radius 3 is 2.85 bits per heavy atom. The van der Waals surface area contributed by atoms with E-state index in [0.717, 1.165) is 17.7 Å². The van der Waals surface area contributed by atoms with Crippen molar-refractivity contribution in [2.24, 2.45) is 0 Å². The van der Waals surface area contributed by atoms with Crippen molar-refractivity contribution in [1.29, 1.82) is 0 Å². The first kappa shape index (κ1) is 8.88. The number of ether oxygens (including phenoxy) is 1. The molecule has 0 unspecified atom stereocenters. The highest BCUT2D eigenvalue weighted by atomic mass is 32.2. The van der Waals surface area contributed by atoms with Crippen molar-refractivity contribution in [3.63, 3.8) is 0 Å². The third kappa shape index (κ3) is 2.15. The molecule has 70 valence electrons. The summed E-state index contributed by atoms with van der Waals surface area (Å²) < 4.78 is 18.4. The highest BCUT2D eigenvalue weighted by Crippen LogP contribution is 2.33. The second-order valence-electron chi connectivity index (χ2n) is 3.11. The second-order valence-corrected chi connectivity index (χ2v) is 3.96. The minimum Gasteiger partial charge on any atom is -0.489 e. The molecule has 1 aliphatic carbocycles. The molecule has 0 N–H and O–H groups in total. The minimum absolute atomic E-state index is 0.228. The molecular formula is C10H11FOS. The van der Waals surface area contributed by atoms with Crippen molar-refractivity contribution in [3.8, 4) is 5.75 Å². The van der Waals surface area contributed by atoms with Gasteiger partial charge in [0.2, 0.25) is 0 Å². The molecule has 1 fully saturated rings. The maximum atomic E-state index is 12.9. The molecule has 1 aromatic rings. The standard InChI is InChI=1S/C10H11FOS/c1-13-10-5-2-7(11)6-9(10)12-8-3-4-8/h2,5-6,8H,3-4H2,1H3. The van der Waals surface area contributed by atoms with Gasteiger partial charge in [-0.25, -0.2) is 4.39 Å². The largest absolute Gasteiger partial charge is 0.489 e. The van der Waals surface area contributed by atoms with E-state index in [4.69, 9.17) is 4.74 Å². The molecule has 13 heavy (non-hydrogen) atoms. The lowest BCUT2D eigenvalue weighted by molar-refractivity contribution is 0.294. The number of hydrogen-bond acceptors (Lipinski definition) is 2. The van der Waals surface area contributed by atoms with Gasteiger partial charge in [-0.2, -0.15) is 0 Å². The summed E-state index contributed by atoms with van der Waals surface area (Å²) in [5.74, 6) is 0.462. The molecule has 0 saturated heterocycles. The quantitative estimate of drug-likeness (QED) is 0.690. The van der Waals surface area contributed by atoms with E-state index in [1.54, 1.807) is 17.8 Å². The second kappa shape index (κ2) is 3.58. The Labute approximate surface area is 81.3 Å². The average molecular weight is 198 g/mol. The molecule has 0 aliphatic heterocycles. The molecule has 0 bridgehead atoms. The van der Waals surface area contributed by atoms with Crippen LogP contribution in [0.25, 0.3) is 0 Å². The summed E-state index contributed by atoms with van der Waals surface area (Å²) in [4.78, 5) is 1.01. The van der Waals surface area contributed by atoms with Gasteiger partial charge < -0.3 is 4.74 Å². The number of thioether (sulfide) groups is 1. The molecule has 1 nitrogen and oxygen atoms in total. The Balaban J connectivity index is 2.22. The van der Waals surface area contributed by atoms with Crippen molar-refractivity contribution in [2.45, 2.75) is 23.8 Å². The van der Waals surface area contributed by atoms with Crippen molar-refractivity contribution in [2.75, 3.05) is 6.26 Å². The molecule has 0 spiro atoms. The Bertz CT molecular complexity index is 310. The van der Waals surface area contributed by atoms with E-state index in [2.05, 4.69) is 0 Å². The minimum atomic E-state index is -0.228. The maximum Gasteiger partial charge on any atom is 0.136 e. The number of rotatable bonds is 3. The van der Waals surface area contributed by atoms with E-state index in [0.29, 0.717) is 11.9 Å². The van der Waals surface area contributed by atoms with Gasteiger partial charge in [0.05, 0.1) is 6.10 Å². The number of benzene rings is 1. The van der Waals surface area contributed by atoms with Gasteiger partial charge in [0.15, 0.2) is 0 Å². The fraction of sp³-hybridized carbons (Fsp3) is 0.400. The van der Waals surface area contributed by atoms with Crippen LogP contribution in [0.5, 0.6) is 5.75 Å². The van der Waals surface area contributed by atoms with Crippen LogP contribution in [-0.2, 0) is 0 Å². The zero-order chi connectivity index (χ0) is 9.26. The predicted molar refractivity (Wildman–Crippen MR) is 51.8 cm³/mol. The molecule has 0 radical (unpaired) electrons. The highest BCUT2D eigenvalue weighted by molar-refractivity contribution is 7.98. The van der Waals surface area contributed by atoms with E-state index in [1.165, 1.54) is 12.1 Å². The fourth-order valence-electron chi connectivity index (χ4n) is 1.11. The number of halogens is 1. The summed E-state index contributed by atoms with van der Waals surface area (Å²) in [5, 5.41) is 0. The van der Waals surface area contributed by atoms with Crippen LogP contribution in [0.15, 0.2) is 23.1 Å². The molecule has 0 amide bonds. The van der Waals surface area contributed by atoms with Crippen LogP contribution < -0.4 is 4.74 Å². The summed E-state index contributed by atoms with van der Waals surface area (Å²) >= 11 is 1.58. The maximum absolute atomic E-state index is 12.9. The number of hydrogen-bond donors (Lipinski definition) is 0. The van der Waals surface area contributed by atoms with Gasteiger partial charge in [-0.1, -0.05) is 0 Å². The SMILES string of the molecule is CSc1ccc(F)cc1OC1CC1. The van der Waals surface area contributed by atoms with Gasteiger partial charge in [0.1, 0.15) is 11.6 Å². The van der Waals surface area contributed by atoms with Gasteiger partial charge >= 0.3 is 0 Å². The summed E-state index contributed by atoms with van der Waals surface area (Å²) in [5.41, 5.74) is 0. The molecule has 1 aromatic carbocycles. The lowest BCUT2D eigenvalue weighted by Gasteiger charge is -2.08. The Kier molecular flexibility index (Phi) is 2.44. The first-order valence-electron chi connectivity index (χ1n) is 4.30. The van der Waals surface area contributed by atoms with Crippen molar-refractivity contribution < 1.29 is 9.13 Å². The average Bonchev–Trinajstić information content (AvgIpc) is 2.89. The summed E-state index contributed by atoms with van der Waals surface area (Å²) in [6.45, 7) is 0. The van der Waals surface area contributed by atoms with Crippen LogP contribution in [0.3, 0.4) is 0 Å². The lowest BCUT2D eigenvalue weighted by Crippen LogP contribution is -1.97. The van der Waals surface area contributed by atoms with Crippen LogP contribution in [0.2, 0.25) is 0 Å². The summed E-state index contributed by atoms with van der Waals surface area (Å²) in [6, 6.07) is 4.69. The van der Waals surface area contributed by atoms with Gasteiger partial charge in [-0.3, -0.25) is 0 Å². The molecule has 0 atom stereocenters. The molecular weight excluding hydrogens is 187 g/mol. The lowest BCUT2D eigenvalue weighted by atomic mass is 10.3. The normalized spacial score (nSPS) is 15.8. The Hall–Kier alpha value is -0.700. The van der Waals surface area contributed by atoms with Crippen molar-refractivity contribution in [1.82, 2.24) is 0 Å². The molecule has 0 heterocycles. The Morgan fingerprint density at radius 1 is 1.46 bits per heavy atom. The fourth-order valence-corrected chi connectivity index (χ4v) is 1.62. The predicted octanol–water partition coefficient (Wildman–Crippen LogP) is 3.09. The van der Waals surface area contributed by atoms with E-state index in [1.807, 2.05) is 6.26 Å². The van der Waals surface area contributed by atoms with Crippen LogP contribution in [0, 0.1) is 5.82 Å². The molecule has 0 aromatic heterocycles. The first-order valence-corrected chi connectivity index (χ1v) is 5.52. The van der Waals surface area contributed by atoms with Gasteiger partial charge in [-0.15, -0.1) is 11.8 Å². The zero-order valence-corrected chi connectivity index (χ0v) is 8.23. The molecule has 1 saturated carbocycles. The molecule has 1 aliphatic rings. The topological polar surface area (TPSA) is 9.23 Å². The smallest absolute Gasteiger partial charge is 0.136 e. The molecule has 3 heteroatoms. The summed E-state index contributed by atoms with van der Waals surface area (Å²) in [6.07, 6.45) is 4.49. The highest BCUT2D eigenvalue weighted by Gasteiger charge is 2.24. The third-order valence-electron chi connectivity index (χ3n) is 1.94. The van der Waals surface area contributed by atoms with Gasteiger partial charge in [0.25, 0.3) is 0 Å². The molecule has 2 rings (SSSR count). The van der Waals surface area contributed by atoms with Gasteiger partial charge in [0, 0.05) is 11.0 Å². The summed E-state index contributed by atoms with van der Waals surface area (Å²) in [7, 11) is 0. The van der Waals surface area contributed by atoms with E-state index in [-0.39, 0.29) is 5.82 Å². The zero-order valence-electron chi connectivity index (χ0n) is 7.42. The van der Waals surface area contributed by atoms with Crippen molar-refractivity contribution in [3.05, 3.63) is 24.0 Å². The third-order valence-corrected chi connectivity index (χ3v) is 2.72. The van der Waals surface area contributed by atoms with E-state index in [9.17, 15) is 4.39 Å². The first-order chi connectivity index (χ1) is 6.29. The van der Waals surface area contributed by atoms with Crippen molar-refractivity contribution >= 4 is 11.8 Å². The van der Waals surface area contributed by atoms with E-state index < -0.39 is 0 Å². The Morgan fingerprint density at radius 2 is 2.23 bits per heavy atom. The van der Waals surface area contributed by atoms with Crippen LogP contribution in [0.1, 0.15) is 12.8 Å². The van der Waals surface area contributed by atoms with Crippen LogP contribution in [0.4, 0.5) is 4.39 Å². The van der Waals surface area contributed by atoms with Crippen LogP contribution >= 0.6 is 11.8 Å². The van der Waals surface area contributed by atoms with Gasteiger partial charge in [-0.05, 0) is 31.2 Å². The van der Waals surface area contributed by atoms with E-state index >= 15 is 0 Å². The monoisotopic (exact) mass is 198 g/mol.